The van der Waals surface area contributed by atoms with Crippen LogP contribution in [0.3, 0.4) is 0 Å². The number of alkyl halides is 1. The Labute approximate surface area is 122 Å². The van der Waals surface area contributed by atoms with Crippen LogP contribution in [0.4, 0.5) is 16.2 Å². The van der Waals surface area contributed by atoms with Crippen molar-refractivity contribution in [3.05, 3.63) is 17.3 Å². The molecule has 0 aromatic carbocycles. The zero-order chi connectivity index (χ0) is 15.0. The lowest BCUT2D eigenvalue weighted by Gasteiger charge is -2.16. The second kappa shape index (κ2) is 5.40. The molecule has 0 radical (unpaired) electrons. The number of hydrogen-bond donors (Lipinski definition) is 3. The zero-order valence-corrected chi connectivity index (χ0v) is 12.4. The highest BCUT2D eigenvalue weighted by Crippen LogP contribution is 2.25. The number of pyridine rings is 1. The van der Waals surface area contributed by atoms with Crippen LogP contribution in [0.15, 0.2) is 6.07 Å². The predicted molar refractivity (Wildman–Crippen MR) is 81.5 cm³/mol. The molecule has 3 rings (SSSR count). The van der Waals surface area contributed by atoms with Crippen molar-refractivity contribution in [1.29, 1.82) is 0 Å². The van der Waals surface area contributed by atoms with Crippen molar-refractivity contribution in [2.45, 2.75) is 26.1 Å². The number of halogens is 1. The minimum Gasteiger partial charge on any atom is -0.372 e. The van der Waals surface area contributed by atoms with E-state index in [2.05, 4.69) is 30.9 Å². The van der Waals surface area contributed by atoms with Crippen LogP contribution in [-0.2, 0) is 0 Å². The second-order valence-corrected chi connectivity index (χ2v) is 5.35. The van der Waals surface area contributed by atoms with Crippen LogP contribution in [0, 0.1) is 13.8 Å². The van der Waals surface area contributed by atoms with Crippen LogP contribution in [0.5, 0.6) is 0 Å². The molecule has 1 aliphatic heterocycles. The molecule has 2 aromatic heterocycles. The smallest absolute Gasteiger partial charge is 0.227 e. The summed E-state index contributed by atoms with van der Waals surface area (Å²) in [6.45, 7) is 4.87. The first-order valence-corrected chi connectivity index (χ1v) is 7.03. The normalized spacial score (nSPS) is 21.7. The Kier molecular flexibility index (Phi) is 3.59. The highest BCUT2D eigenvalue weighted by Gasteiger charge is 2.27. The Morgan fingerprint density at radius 3 is 2.71 bits per heavy atom. The van der Waals surface area contributed by atoms with E-state index in [-0.39, 0.29) is 6.04 Å². The molecular formula is C14H19FN6. The monoisotopic (exact) mass is 290 g/mol. The van der Waals surface area contributed by atoms with Gasteiger partial charge in [-0.1, -0.05) is 0 Å². The van der Waals surface area contributed by atoms with Crippen molar-refractivity contribution in [3.63, 3.8) is 0 Å². The Morgan fingerprint density at radius 2 is 2.05 bits per heavy atom. The maximum atomic E-state index is 13.7. The third kappa shape index (κ3) is 2.61. The van der Waals surface area contributed by atoms with Crippen LogP contribution in [0.25, 0.3) is 11.0 Å². The Hall–Kier alpha value is -2.02. The van der Waals surface area contributed by atoms with Crippen LogP contribution >= 0.6 is 0 Å². The van der Waals surface area contributed by atoms with Gasteiger partial charge in [0.2, 0.25) is 5.95 Å². The molecule has 3 N–H and O–H groups in total. The quantitative estimate of drug-likeness (QED) is 0.793. The number of fused-ring (bicyclic) bond motifs is 1. The first-order chi connectivity index (χ1) is 10.1. The van der Waals surface area contributed by atoms with Gasteiger partial charge in [-0.2, -0.15) is 9.97 Å². The predicted octanol–water partition coefficient (Wildman–Crippen LogP) is 1.41. The van der Waals surface area contributed by atoms with Gasteiger partial charge < -0.3 is 16.0 Å². The number of nitrogens with zero attached hydrogens (tertiary/aromatic N) is 3. The fourth-order valence-electron chi connectivity index (χ4n) is 2.68. The second-order valence-electron chi connectivity index (χ2n) is 5.35. The highest BCUT2D eigenvalue weighted by atomic mass is 19.1. The molecular weight excluding hydrogens is 271 g/mol. The van der Waals surface area contributed by atoms with E-state index in [1.54, 1.807) is 7.05 Å². The summed E-state index contributed by atoms with van der Waals surface area (Å²) in [6, 6.07) is 1.69. The molecule has 2 aromatic rings. The molecule has 0 amide bonds. The van der Waals surface area contributed by atoms with E-state index in [9.17, 15) is 4.39 Å². The lowest BCUT2D eigenvalue weighted by Crippen LogP contribution is -2.30. The number of aryl methyl sites for hydroxylation is 2. The standard InChI is InChI=1S/C14H19FN6/c1-7-4-8(2)18-13-11(7)12(16-3)20-14(21-13)19-10-6-17-5-9(10)15/h4,9-10,17H,5-6H2,1-3H3,(H2,16,18,19,20,21)/t9-,10+/m1/s1. The van der Waals surface area contributed by atoms with Gasteiger partial charge in [0.1, 0.15) is 12.0 Å². The van der Waals surface area contributed by atoms with Gasteiger partial charge in [-0.15, -0.1) is 0 Å². The minimum atomic E-state index is -0.936. The maximum absolute atomic E-state index is 13.7. The van der Waals surface area contributed by atoms with Crippen molar-refractivity contribution in [3.8, 4) is 0 Å². The van der Waals surface area contributed by atoms with Gasteiger partial charge in [0, 0.05) is 25.8 Å². The number of hydrogen-bond acceptors (Lipinski definition) is 6. The summed E-state index contributed by atoms with van der Waals surface area (Å²) in [6.07, 6.45) is -0.936. The largest absolute Gasteiger partial charge is 0.372 e. The molecule has 7 heteroatoms. The molecule has 0 saturated carbocycles. The number of rotatable bonds is 3. The molecule has 21 heavy (non-hydrogen) atoms. The van der Waals surface area contributed by atoms with Gasteiger partial charge in [0.25, 0.3) is 0 Å². The Bertz CT molecular complexity index is 674. The molecule has 2 atom stereocenters. The van der Waals surface area contributed by atoms with Crippen LogP contribution < -0.4 is 16.0 Å². The zero-order valence-electron chi connectivity index (χ0n) is 12.4. The third-order valence-corrected chi connectivity index (χ3v) is 3.68. The van der Waals surface area contributed by atoms with E-state index in [1.807, 2.05) is 19.9 Å². The van der Waals surface area contributed by atoms with Gasteiger partial charge in [-0.05, 0) is 25.5 Å². The molecule has 1 aliphatic rings. The molecule has 0 bridgehead atoms. The van der Waals surface area contributed by atoms with Gasteiger partial charge in [0.05, 0.1) is 11.4 Å². The van der Waals surface area contributed by atoms with E-state index in [4.69, 9.17) is 0 Å². The summed E-state index contributed by atoms with van der Waals surface area (Å²) in [7, 11) is 1.81. The lowest BCUT2D eigenvalue weighted by molar-refractivity contribution is 0.342. The molecule has 1 saturated heterocycles. The minimum absolute atomic E-state index is 0.307. The van der Waals surface area contributed by atoms with Crippen molar-refractivity contribution < 1.29 is 4.39 Å². The first-order valence-electron chi connectivity index (χ1n) is 7.03. The molecule has 0 spiro atoms. The summed E-state index contributed by atoms with van der Waals surface area (Å²) < 4.78 is 13.7. The Balaban J connectivity index is 2.04. The van der Waals surface area contributed by atoms with Gasteiger partial charge in [-0.3, -0.25) is 0 Å². The Morgan fingerprint density at radius 1 is 1.24 bits per heavy atom. The summed E-state index contributed by atoms with van der Waals surface area (Å²) in [5.74, 6) is 1.11. The summed E-state index contributed by atoms with van der Waals surface area (Å²) >= 11 is 0. The molecule has 1 fully saturated rings. The SMILES string of the molecule is CNc1nc(N[C@H]2CNC[C@H]2F)nc2nc(C)cc(C)c12. The molecule has 6 nitrogen and oxygen atoms in total. The van der Waals surface area contributed by atoms with Gasteiger partial charge in [-0.25, -0.2) is 9.37 Å². The van der Waals surface area contributed by atoms with Crippen molar-refractivity contribution >= 4 is 22.8 Å². The molecule has 112 valence electrons. The van der Waals surface area contributed by atoms with Crippen LogP contribution in [0.1, 0.15) is 11.3 Å². The van der Waals surface area contributed by atoms with E-state index in [1.165, 1.54) is 0 Å². The third-order valence-electron chi connectivity index (χ3n) is 3.68. The van der Waals surface area contributed by atoms with Crippen molar-refractivity contribution in [2.24, 2.45) is 0 Å². The van der Waals surface area contributed by atoms with E-state index < -0.39 is 6.17 Å². The number of anilines is 2. The van der Waals surface area contributed by atoms with Crippen molar-refractivity contribution in [2.75, 3.05) is 30.8 Å². The van der Waals surface area contributed by atoms with Crippen molar-refractivity contribution in [1.82, 2.24) is 20.3 Å². The summed E-state index contributed by atoms with van der Waals surface area (Å²) in [5.41, 5.74) is 2.59. The van der Waals surface area contributed by atoms with Gasteiger partial charge in [0.15, 0.2) is 5.65 Å². The fraction of sp³-hybridized carbons (Fsp3) is 0.500. The lowest BCUT2D eigenvalue weighted by atomic mass is 10.1. The van der Waals surface area contributed by atoms with E-state index >= 15 is 0 Å². The average molecular weight is 290 g/mol. The van der Waals surface area contributed by atoms with E-state index in [0.717, 1.165) is 16.6 Å². The molecule has 3 heterocycles. The average Bonchev–Trinajstić information content (AvgIpc) is 2.82. The topological polar surface area (TPSA) is 74.8 Å². The maximum Gasteiger partial charge on any atom is 0.227 e. The van der Waals surface area contributed by atoms with Crippen LogP contribution in [0.2, 0.25) is 0 Å². The highest BCUT2D eigenvalue weighted by molar-refractivity contribution is 5.90. The number of aromatic nitrogens is 3. The first kappa shape index (κ1) is 13.9. The van der Waals surface area contributed by atoms with Crippen LogP contribution in [-0.4, -0.2) is 47.3 Å². The summed E-state index contributed by atoms with van der Waals surface area (Å²) in [4.78, 5) is 13.3. The van der Waals surface area contributed by atoms with E-state index in [0.29, 0.717) is 30.5 Å². The molecule has 0 aliphatic carbocycles. The van der Waals surface area contributed by atoms with Gasteiger partial charge >= 0.3 is 0 Å². The number of nitrogens with one attached hydrogen (secondary N) is 3. The molecule has 0 unspecified atom stereocenters. The summed E-state index contributed by atoms with van der Waals surface area (Å²) in [5, 5.41) is 10.0. The fourth-order valence-corrected chi connectivity index (χ4v) is 2.68.